The van der Waals surface area contributed by atoms with Gasteiger partial charge in [-0.15, -0.1) is 0 Å². The van der Waals surface area contributed by atoms with Crippen molar-refractivity contribution >= 4 is 17.9 Å². The molecule has 1 atom stereocenters. The second-order valence-electron chi connectivity index (χ2n) is 22.3. The molecule has 6 nitrogen and oxygen atoms in total. The van der Waals surface area contributed by atoms with E-state index in [1.807, 2.05) is 0 Å². The Morgan fingerprint density at radius 3 is 0.721 bits per heavy atom. The van der Waals surface area contributed by atoms with Crippen LogP contribution in [0.25, 0.3) is 0 Å². The van der Waals surface area contributed by atoms with Gasteiger partial charge in [-0.3, -0.25) is 14.4 Å². The molecule has 0 aliphatic carbocycles. The largest absolute Gasteiger partial charge is 0.462 e. The first-order chi connectivity index (χ1) is 33.2. The molecule has 0 aromatic heterocycles. The Labute approximate surface area is 425 Å². The highest BCUT2D eigenvalue weighted by atomic mass is 16.6. The molecule has 0 saturated carbocycles. The van der Waals surface area contributed by atoms with E-state index in [1.54, 1.807) is 0 Å². The highest BCUT2D eigenvalue weighted by Gasteiger charge is 2.19. The van der Waals surface area contributed by atoms with Gasteiger partial charge in [-0.2, -0.15) is 0 Å². The standard InChI is InChI=1S/C62H120O6/c1-6-7-8-9-10-11-12-27-32-37-42-47-52-60(63)66-55-59(68-62(65)54-49-44-39-34-29-24-20-16-14-18-22-26-31-36-41-46-51-58(4)5)56-67-61(64)53-48-43-38-33-28-23-19-15-13-17-21-25-30-35-40-45-50-57(2)3/h57-59H,6-56H2,1-5H3/t59-/m0/s1. The van der Waals surface area contributed by atoms with Gasteiger partial charge in [-0.1, -0.05) is 311 Å². The second kappa shape index (κ2) is 54.7. The number of rotatable bonds is 56. The van der Waals surface area contributed by atoms with Crippen LogP contribution in [0.15, 0.2) is 0 Å². The third-order valence-corrected chi connectivity index (χ3v) is 14.2. The minimum absolute atomic E-state index is 0.0620. The van der Waals surface area contributed by atoms with E-state index in [9.17, 15) is 14.4 Å². The summed E-state index contributed by atoms with van der Waals surface area (Å²) in [4.78, 5) is 38.2. The van der Waals surface area contributed by atoms with Crippen LogP contribution in [0.1, 0.15) is 349 Å². The van der Waals surface area contributed by atoms with Crippen molar-refractivity contribution in [3.63, 3.8) is 0 Å². The Hall–Kier alpha value is -1.59. The summed E-state index contributed by atoms with van der Waals surface area (Å²) in [6.45, 7) is 11.4. The fraction of sp³-hybridized carbons (Fsp3) is 0.952. The van der Waals surface area contributed by atoms with Gasteiger partial charge >= 0.3 is 17.9 Å². The Balaban J connectivity index is 4.25. The molecule has 0 bridgehead atoms. The fourth-order valence-corrected chi connectivity index (χ4v) is 9.58. The lowest BCUT2D eigenvalue weighted by Gasteiger charge is -2.18. The number of esters is 3. The van der Waals surface area contributed by atoms with Crippen LogP contribution < -0.4 is 0 Å². The van der Waals surface area contributed by atoms with Crippen LogP contribution in [0, 0.1) is 11.8 Å². The molecule has 0 saturated heterocycles. The van der Waals surface area contributed by atoms with E-state index < -0.39 is 6.10 Å². The van der Waals surface area contributed by atoms with Gasteiger partial charge in [0, 0.05) is 19.3 Å². The van der Waals surface area contributed by atoms with Crippen LogP contribution in [0.4, 0.5) is 0 Å². The maximum Gasteiger partial charge on any atom is 0.306 e. The summed E-state index contributed by atoms with van der Waals surface area (Å²) >= 11 is 0. The van der Waals surface area contributed by atoms with Gasteiger partial charge in [0.15, 0.2) is 6.10 Å². The van der Waals surface area contributed by atoms with Crippen LogP contribution in [-0.2, 0) is 28.6 Å². The van der Waals surface area contributed by atoms with Crippen molar-refractivity contribution in [3.8, 4) is 0 Å². The summed E-state index contributed by atoms with van der Waals surface area (Å²) in [6, 6.07) is 0. The third-order valence-electron chi connectivity index (χ3n) is 14.2. The van der Waals surface area contributed by atoms with Gasteiger partial charge < -0.3 is 14.2 Å². The van der Waals surface area contributed by atoms with Crippen molar-refractivity contribution in [2.24, 2.45) is 11.8 Å². The topological polar surface area (TPSA) is 78.9 Å². The summed E-state index contributed by atoms with van der Waals surface area (Å²) in [5, 5.41) is 0. The Kier molecular flexibility index (Phi) is 53.5. The molecule has 0 heterocycles. The zero-order valence-corrected chi connectivity index (χ0v) is 46.7. The normalized spacial score (nSPS) is 12.0. The van der Waals surface area contributed by atoms with Gasteiger partial charge in [0.05, 0.1) is 0 Å². The van der Waals surface area contributed by atoms with Crippen molar-refractivity contribution in [1.29, 1.82) is 0 Å². The van der Waals surface area contributed by atoms with E-state index in [1.165, 1.54) is 238 Å². The number of hydrogen-bond acceptors (Lipinski definition) is 6. The van der Waals surface area contributed by atoms with E-state index in [2.05, 4.69) is 34.6 Å². The molecule has 0 radical (unpaired) electrons. The van der Waals surface area contributed by atoms with Crippen molar-refractivity contribution in [2.75, 3.05) is 13.2 Å². The molecule has 0 rings (SSSR count). The SMILES string of the molecule is CCCCCCCCCCCCCCC(=O)OC[C@@H](COC(=O)CCCCCCCCCCCCCCCCCCC(C)C)OC(=O)CCCCCCCCCCCCCCCCCCC(C)C. The summed E-state index contributed by atoms with van der Waals surface area (Å²) < 4.78 is 16.9. The van der Waals surface area contributed by atoms with Crippen molar-refractivity contribution < 1.29 is 28.6 Å². The zero-order valence-electron chi connectivity index (χ0n) is 46.7. The molecular formula is C62H120O6. The maximum absolute atomic E-state index is 12.9. The van der Waals surface area contributed by atoms with Crippen LogP contribution in [0.5, 0.6) is 0 Å². The minimum Gasteiger partial charge on any atom is -0.462 e. The zero-order chi connectivity index (χ0) is 49.6. The summed E-state index contributed by atoms with van der Waals surface area (Å²) in [6.07, 6.45) is 59.6. The molecule has 0 fully saturated rings. The number of hydrogen-bond donors (Lipinski definition) is 0. The fourth-order valence-electron chi connectivity index (χ4n) is 9.58. The molecule has 6 heteroatoms. The molecular weight excluding hydrogens is 841 g/mol. The van der Waals surface area contributed by atoms with Crippen LogP contribution in [-0.4, -0.2) is 37.2 Å². The van der Waals surface area contributed by atoms with E-state index in [0.717, 1.165) is 69.6 Å². The third kappa shape index (κ3) is 55.3. The van der Waals surface area contributed by atoms with Crippen LogP contribution >= 0.6 is 0 Å². The monoisotopic (exact) mass is 961 g/mol. The second-order valence-corrected chi connectivity index (χ2v) is 22.3. The summed E-state index contributed by atoms with van der Waals surface area (Å²) in [5.41, 5.74) is 0. The highest BCUT2D eigenvalue weighted by Crippen LogP contribution is 2.19. The molecule has 0 spiro atoms. The highest BCUT2D eigenvalue weighted by molar-refractivity contribution is 5.71. The first-order valence-corrected chi connectivity index (χ1v) is 30.7. The lowest BCUT2D eigenvalue weighted by atomic mass is 10.0. The molecule has 0 unspecified atom stereocenters. The lowest BCUT2D eigenvalue weighted by Crippen LogP contribution is -2.30. The average Bonchev–Trinajstić information content (AvgIpc) is 3.31. The molecule has 68 heavy (non-hydrogen) atoms. The van der Waals surface area contributed by atoms with Gasteiger partial charge in [0.1, 0.15) is 13.2 Å². The molecule has 0 aromatic carbocycles. The number of carbonyl (C=O) groups is 3. The van der Waals surface area contributed by atoms with Gasteiger partial charge in [0.25, 0.3) is 0 Å². The molecule has 404 valence electrons. The first-order valence-electron chi connectivity index (χ1n) is 30.7. The summed E-state index contributed by atoms with van der Waals surface area (Å²) in [5.74, 6) is 0.871. The molecule has 0 amide bonds. The van der Waals surface area contributed by atoms with E-state index in [-0.39, 0.29) is 31.1 Å². The van der Waals surface area contributed by atoms with E-state index in [0.29, 0.717) is 19.3 Å². The first kappa shape index (κ1) is 66.4. The van der Waals surface area contributed by atoms with Gasteiger partial charge in [-0.05, 0) is 31.1 Å². The Bertz CT molecular complexity index is 1040. The van der Waals surface area contributed by atoms with Gasteiger partial charge in [0.2, 0.25) is 0 Å². The predicted octanol–water partition coefficient (Wildman–Crippen LogP) is 20.4. The van der Waals surface area contributed by atoms with E-state index in [4.69, 9.17) is 14.2 Å². The molecule has 0 aliphatic heterocycles. The van der Waals surface area contributed by atoms with Gasteiger partial charge in [-0.25, -0.2) is 0 Å². The number of carbonyl (C=O) groups excluding carboxylic acids is 3. The quantitative estimate of drug-likeness (QED) is 0.0343. The number of unbranched alkanes of at least 4 members (excludes halogenated alkanes) is 41. The lowest BCUT2D eigenvalue weighted by molar-refractivity contribution is -0.167. The predicted molar refractivity (Wildman–Crippen MR) is 293 cm³/mol. The van der Waals surface area contributed by atoms with Crippen molar-refractivity contribution in [3.05, 3.63) is 0 Å². The number of ether oxygens (including phenoxy) is 3. The molecule has 0 aliphatic rings. The Morgan fingerprint density at radius 1 is 0.279 bits per heavy atom. The van der Waals surface area contributed by atoms with E-state index >= 15 is 0 Å². The summed E-state index contributed by atoms with van der Waals surface area (Å²) in [7, 11) is 0. The average molecular weight is 962 g/mol. The Morgan fingerprint density at radius 2 is 0.485 bits per heavy atom. The van der Waals surface area contributed by atoms with Crippen molar-refractivity contribution in [2.45, 2.75) is 355 Å². The maximum atomic E-state index is 12.9. The van der Waals surface area contributed by atoms with Crippen LogP contribution in [0.2, 0.25) is 0 Å². The van der Waals surface area contributed by atoms with Crippen molar-refractivity contribution in [1.82, 2.24) is 0 Å². The minimum atomic E-state index is -0.763. The molecule has 0 N–H and O–H groups in total. The van der Waals surface area contributed by atoms with Crippen LogP contribution in [0.3, 0.4) is 0 Å². The molecule has 0 aromatic rings. The smallest absolute Gasteiger partial charge is 0.306 e.